The van der Waals surface area contributed by atoms with E-state index in [-0.39, 0.29) is 11.5 Å². The highest BCUT2D eigenvalue weighted by atomic mass is 32.1. The van der Waals surface area contributed by atoms with E-state index in [1.807, 2.05) is 0 Å². The highest BCUT2D eigenvalue weighted by molar-refractivity contribution is 7.10. The van der Waals surface area contributed by atoms with E-state index in [0.717, 1.165) is 17.2 Å². The minimum absolute atomic E-state index is 0.0977. The number of nitrogens with zero attached hydrogens (tertiary/aromatic N) is 1. The van der Waals surface area contributed by atoms with E-state index in [1.165, 1.54) is 5.56 Å². The third kappa shape index (κ3) is 3.88. The van der Waals surface area contributed by atoms with Crippen LogP contribution in [0.4, 0.5) is 0 Å². The van der Waals surface area contributed by atoms with Gasteiger partial charge in [0.25, 0.3) is 0 Å². The van der Waals surface area contributed by atoms with Crippen molar-refractivity contribution in [2.45, 2.75) is 32.2 Å². The number of ether oxygens (including phenoxy) is 1. The van der Waals surface area contributed by atoms with Crippen molar-refractivity contribution in [2.75, 3.05) is 20.3 Å². The summed E-state index contributed by atoms with van der Waals surface area (Å²) in [6.07, 6.45) is 0. The maximum Gasteiger partial charge on any atom is 0.114 e. The van der Waals surface area contributed by atoms with Gasteiger partial charge in [-0.15, -0.1) is 11.3 Å². The van der Waals surface area contributed by atoms with Gasteiger partial charge in [0.15, 0.2) is 0 Å². The molecule has 0 saturated heterocycles. The van der Waals surface area contributed by atoms with E-state index in [2.05, 4.69) is 48.3 Å². The Kier molecular flexibility index (Phi) is 5.32. The summed E-state index contributed by atoms with van der Waals surface area (Å²) in [5.74, 6) is 0. The molecule has 1 N–H and O–H groups in total. The normalized spacial score (nSPS) is 13.6. The fourth-order valence-corrected chi connectivity index (χ4v) is 3.69. The number of thiophene rings is 1. The van der Waals surface area contributed by atoms with Crippen molar-refractivity contribution in [1.29, 1.82) is 0 Å². The minimum atomic E-state index is 0.0977. The molecule has 1 atom stereocenters. The molecule has 110 valence electrons. The van der Waals surface area contributed by atoms with Gasteiger partial charge < -0.3 is 10.1 Å². The van der Waals surface area contributed by atoms with Gasteiger partial charge in [0.2, 0.25) is 0 Å². The van der Waals surface area contributed by atoms with Crippen LogP contribution in [0.15, 0.2) is 22.2 Å². The van der Waals surface area contributed by atoms with Gasteiger partial charge in [0.05, 0.1) is 18.3 Å². The van der Waals surface area contributed by atoms with Crippen LogP contribution in [0.3, 0.4) is 0 Å². The number of rotatable bonds is 6. The first-order valence-electron chi connectivity index (χ1n) is 6.72. The molecule has 0 aliphatic carbocycles. The first-order chi connectivity index (χ1) is 9.52. The zero-order chi connectivity index (χ0) is 14.6. The smallest absolute Gasteiger partial charge is 0.114 e. The van der Waals surface area contributed by atoms with Crippen molar-refractivity contribution >= 4 is 22.7 Å². The molecule has 3 nitrogen and oxygen atoms in total. The Bertz CT molecular complexity index is 514. The molecule has 0 aliphatic rings. The van der Waals surface area contributed by atoms with Gasteiger partial charge in [-0.2, -0.15) is 11.3 Å². The van der Waals surface area contributed by atoms with Gasteiger partial charge in [-0.1, -0.05) is 20.8 Å². The Labute approximate surface area is 129 Å². The Morgan fingerprint density at radius 1 is 1.35 bits per heavy atom. The molecule has 20 heavy (non-hydrogen) atoms. The molecule has 2 heterocycles. The second-order valence-electron chi connectivity index (χ2n) is 5.76. The van der Waals surface area contributed by atoms with Gasteiger partial charge in [0.1, 0.15) is 5.01 Å². The molecule has 0 saturated carbocycles. The quantitative estimate of drug-likeness (QED) is 0.823. The van der Waals surface area contributed by atoms with E-state index < -0.39 is 0 Å². The Balaban J connectivity index is 2.20. The van der Waals surface area contributed by atoms with E-state index >= 15 is 0 Å². The molecule has 0 spiro atoms. The van der Waals surface area contributed by atoms with Crippen molar-refractivity contribution in [3.63, 3.8) is 0 Å². The van der Waals surface area contributed by atoms with Crippen molar-refractivity contribution < 1.29 is 4.74 Å². The van der Waals surface area contributed by atoms with Gasteiger partial charge in [-0.05, 0) is 22.4 Å². The summed E-state index contributed by atoms with van der Waals surface area (Å²) in [7, 11) is 1.72. The van der Waals surface area contributed by atoms with Crippen LogP contribution in [0.5, 0.6) is 0 Å². The number of methoxy groups -OCH3 is 1. The molecule has 0 aliphatic heterocycles. The van der Waals surface area contributed by atoms with Crippen LogP contribution in [0.2, 0.25) is 0 Å². The summed E-state index contributed by atoms with van der Waals surface area (Å²) in [6.45, 7) is 8.12. The van der Waals surface area contributed by atoms with E-state index in [4.69, 9.17) is 9.72 Å². The Hall–Kier alpha value is -0.750. The Morgan fingerprint density at radius 3 is 2.70 bits per heavy atom. The first-order valence-corrected chi connectivity index (χ1v) is 8.55. The number of thiazole rings is 1. The van der Waals surface area contributed by atoms with Crippen LogP contribution >= 0.6 is 22.7 Å². The van der Waals surface area contributed by atoms with Gasteiger partial charge in [-0.25, -0.2) is 4.98 Å². The lowest BCUT2D eigenvalue weighted by Gasteiger charge is -2.17. The molecule has 0 fully saturated rings. The van der Waals surface area contributed by atoms with Crippen LogP contribution in [0.1, 0.15) is 43.1 Å². The molecule has 5 heteroatoms. The van der Waals surface area contributed by atoms with Crippen molar-refractivity contribution in [2.24, 2.45) is 0 Å². The largest absolute Gasteiger partial charge is 0.383 e. The van der Waals surface area contributed by atoms with Crippen LogP contribution in [0.25, 0.3) is 0 Å². The average molecular weight is 310 g/mol. The molecule has 0 radical (unpaired) electrons. The maximum atomic E-state index is 5.13. The first kappa shape index (κ1) is 15.6. The van der Waals surface area contributed by atoms with E-state index in [1.54, 1.807) is 29.8 Å². The second-order valence-corrected chi connectivity index (χ2v) is 7.43. The molecule has 2 aromatic rings. The van der Waals surface area contributed by atoms with Crippen molar-refractivity contribution in [3.8, 4) is 0 Å². The van der Waals surface area contributed by atoms with Gasteiger partial charge in [-0.3, -0.25) is 0 Å². The topological polar surface area (TPSA) is 34.1 Å². The summed E-state index contributed by atoms with van der Waals surface area (Å²) in [4.78, 5) is 4.84. The summed E-state index contributed by atoms with van der Waals surface area (Å²) >= 11 is 3.45. The van der Waals surface area contributed by atoms with Crippen molar-refractivity contribution in [3.05, 3.63) is 38.5 Å². The SMILES string of the molecule is COCCNC(c1ccsc1)c1nc(C(C)(C)C)cs1. The predicted molar refractivity (Wildman–Crippen MR) is 86.9 cm³/mol. The number of hydrogen-bond acceptors (Lipinski definition) is 5. The fraction of sp³-hybridized carbons (Fsp3) is 0.533. The highest BCUT2D eigenvalue weighted by Gasteiger charge is 2.22. The maximum absolute atomic E-state index is 5.13. The minimum Gasteiger partial charge on any atom is -0.383 e. The number of nitrogens with one attached hydrogen (secondary N) is 1. The molecular formula is C15H22N2OS2. The zero-order valence-electron chi connectivity index (χ0n) is 12.5. The highest BCUT2D eigenvalue weighted by Crippen LogP contribution is 2.30. The molecule has 0 bridgehead atoms. The van der Waals surface area contributed by atoms with Crippen LogP contribution in [-0.4, -0.2) is 25.2 Å². The van der Waals surface area contributed by atoms with E-state index in [9.17, 15) is 0 Å². The van der Waals surface area contributed by atoms with Gasteiger partial charge in [0, 0.05) is 24.4 Å². The van der Waals surface area contributed by atoms with Crippen LogP contribution < -0.4 is 5.32 Å². The second kappa shape index (κ2) is 6.80. The lowest BCUT2D eigenvalue weighted by Crippen LogP contribution is -2.26. The molecule has 0 amide bonds. The summed E-state index contributed by atoms with van der Waals surface area (Å²) in [5.41, 5.74) is 2.53. The number of aromatic nitrogens is 1. The monoisotopic (exact) mass is 310 g/mol. The van der Waals surface area contributed by atoms with Crippen molar-refractivity contribution in [1.82, 2.24) is 10.3 Å². The average Bonchev–Trinajstić information content (AvgIpc) is 3.05. The summed E-state index contributed by atoms with van der Waals surface area (Å²) in [5, 5.41) is 11.1. The third-order valence-electron chi connectivity index (χ3n) is 3.07. The molecule has 2 aromatic heterocycles. The third-order valence-corrected chi connectivity index (χ3v) is 4.68. The number of hydrogen-bond donors (Lipinski definition) is 1. The Morgan fingerprint density at radius 2 is 2.15 bits per heavy atom. The predicted octanol–water partition coefficient (Wildman–Crippen LogP) is 3.83. The zero-order valence-corrected chi connectivity index (χ0v) is 14.1. The summed E-state index contributed by atoms with van der Waals surface area (Å²) in [6, 6.07) is 2.32. The lowest BCUT2D eigenvalue weighted by atomic mass is 9.93. The molecular weight excluding hydrogens is 288 g/mol. The van der Waals surface area contributed by atoms with Crippen LogP contribution in [-0.2, 0) is 10.2 Å². The standard InChI is InChI=1S/C15H22N2OS2/c1-15(2,3)12-10-20-14(17-12)13(16-6-7-18-4)11-5-8-19-9-11/h5,8-10,13,16H,6-7H2,1-4H3. The van der Waals surface area contributed by atoms with Crippen LogP contribution in [0, 0.1) is 0 Å². The van der Waals surface area contributed by atoms with E-state index in [0.29, 0.717) is 6.61 Å². The fourth-order valence-electron chi connectivity index (χ4n) is 1.86. The molecule has 1 unspecified atom stereocenters. The molecule has 2 rings (SSSR count). The molecule has 0 aromatic carbocycles. The lowest BCUT2D eigenvalue weighted by molar-refractivity contribution is 0.197. The van der Waals surface area contributed by atoms with Gasteiger partial charge >= 0.3 is 0 Å². The summed E-state index contributed by atoms with van der Waals surface area (Å²) < 4.78 is 5.13.